The lowest BCUT2D eigenvalue weighted by Gasteiger charge is -2.20. The Morgan fingerprint density at radius 1 is 1.06 bits per heavy atom. The first-order valence-electron chi connectivity index (χ1n) is 10.8. The third-order valence-corrected chi connectivity index (χ3v) is 6.33. The molecule has 1 aromatic heterocycles. The Kier molecular flexibility index (Phi) is 6.17. The number of carbonyl (C=O) groups is 2. The summed E-state index contributed by atoms with van der Waals surface area (Å²) >= 11 is 1.22. The molecule has 0 saturated carbocycles. The molecule has 1 amide bonds. The number of esters is 1. The molecule has 2 aliphatic rings. The number of methoxy groups -OCH3 is 1. The molecule has 0 atom stereocenters. The summed E-state index contributed by atoms with van der Waals surface area (Å²) in [7, 11) is 1.46. The number of amides is 1. The maximum atomic E-state index is 12.7. The van der Waals surface area contributed by atoms with Crippen LogP contribution in [0, 0.1) is 12.3 Å². The molecule has 3 heterocycles. The van der Waals surface area contributed by atoms with Gasteiger partial charge < -0.3 is 9.47 Å². The first-order chi connectivity index (χ1) is 17.4. The van der Waals surface area contributed by atoms with E-state index in [1.54, 1.807) is 54.9 Å². The van der Waals surface area contributed by atoms with Gasteiger partial charge >= 0.3 is 5.97 Å². The molecule has 3 aromatic rings. The highest BCUT2D eigenvalue weighted by Crippen LogP contribution is 2.33. The molecule has 0 bridgehead atoms. The third-order valence-electron chi connectivity index (χ3n) is 5.37. The van der Waals surface area contributed by atoms with E-state index < -0.39 is 11.9 Å². The number of aromatic nitrogens is 1. The minimum absolute atomic E-state index is 0.0746. The number of nitrogens with one attached hydrogen (secondary N) is 1. The maximum Gasteiger partial charge on any atom is 0.343 e. The Morgan fingerprint density at radius 2 is 1.81 bits per heavy atom. The van der Waals surface area contributed by atoms with E-state index >= 15 is 0 Å². The monoisotopic (exact) mass is 497 g/mol. The van der Waals surface area contributed by atoms with Gasteiger partial charge in [0.05, 0.1) is 18.2 Å². The molecule has 10 heteroatoms. The van der Waals surface area contributed by atoms with Gasteiger partial charge in [0.2, 0.25) is 5.17 Å². The lowest BCUT2D eigenvalue weighted by atomic mass is 10.1. The number of carbonyl (C=O) groups excluding carboxylic acids is 2. The molecule has 36 heavy (non-hydrogen) atoms. The number of rotatable bonds is 5. The lowest BCUT2D eigenvalue weighted by molar-refractivity contribution is -0.114. The molecule has 2 aliphatic heterocycles. The normalized spacial score (nSPS) is 15.9. The summed E-state index contributed by atoms with van der Waals surface area (Å²) in [5.74, 6) is -0.606. The molecule has 0 unspecified atom stereocenters. The highest BCUT2D eigenvalue weighted by atomic mass is 32.2. The van der Waals surface area contributed by atoms with E-state index in [9.17, 15) is 9.59 Å². The number of amidine groups is 2. The third kappa shape index (κ3) is 4.53. The van der Waals surface area contributed by atoms with Crippen LogP contribution in [0.25, 0.3) is 6.08 Å². The molecule has 1 N–H and O–H groups in total. The van der Waals surface area contributed by atoms with Crippen molar-refractivity contribution < 1.29 is 19.1 Å². The van der Waals surface area contributed by atoms with Crippen molar-refractivity contribution in [2.75, 3.05) is 7.11 Å². The Hall–Kier alpha value is -4.57. The van der Waals surface area contributed by atoms with Gasteiger partial charge in [0.15, 0.2) is 17.3 Å². The topological polar surface area (TPSA) is 117 Å². The number of ether oxygens (including phenoxy) is 2. The second-order valence-electron chi connectivity index (χ2n) is 7.83. The number of pyridine rings is 1. The van der Waals surface area contributed by atoms with Crippen LogP contribution in [0.15, 0.2) is 82.7 Å². The van der Waals surface area contributed by atoms with Crippen LogP contribution in [0.5, 0.6) is 11.5 Å². The minimum atomic E-state index is -0.543. The highest BCUT2D eigenvalue weighted by Gasteiger charge is 2.36. The lowest BCUT2D eigenvalue weighted by Crippen LogP contribution is -2.35. The summed E-state index contributed by atoms with van der Waals surface area (Å²) in [5, 5.41) is 15.3. The molecule has 0 saturated heterocycles. The number of aliphatic imine (C=N–C) groups is 1. The van der Waals surface area contributed by atoms with E-state index in [1.165, 1.54) is 30.0 Å². The first-order valence-corrected chi connectivity index (χ1v) is 11.6. The number of thioether (sulfide) groups is 1. The van der Waals surface area contributed by atoms with Crippen LogP contribution in [-0.4, -0.2) is 45.0 Å². The zero-order valence-electron chi connectivity index (χ0n) is 19.3. The molecule has 0 radical (unpaired) electrons. The first kappa shape index (κ1) is 23.2. The number of hydrogen-bond acceptors (Lipinski definition) is 8. The minimum Gasteiger partial charge on any atom is -0.493 e. The quantitative estimate of drug-likeness (QED) is 0.317. The second-order valence-corrected chi connectivity index (χ2v) is 8.78. The summed E-state index contributed by atoms with van der Waals surface area (Å²) in [6.07, 6.45) is 4.83. The summed E-state index contributed by atoms with van der Waals surface area (Å²) in [6, 6.07) is 15.5. The zero-order chi connectivity index (χ0) is 25.2. The van der Waals surface area contributed by atoms with Gasteiger partial charge in [-0.3, -0.25) is 15.2 Å². The average Bonchev–Trinajstić information content (AvgIpc) is 3.32. The van der Waals surface area contributed by atoms with E-state index in [0.717, 1.165) is 11.1 Å². The molecular weight excluding hydrogens is 478 g/mol. The van der Waals surface area contributed by atoms with Crippen LogP contribution in [0.3, 0.4) is 0 Å². The van der Waals surface area contributed by atoms with Crippen molar-refractivity contribution in [3.63, 3.8) is 0 Å². The van der Waals surface area contributed by atoms with Crippen LogP contribution in [0.1, 0.15) is 27.0 Å². The molecule has 0 fully saturated rings. The van der Waals surface area contributed by atoms with Gasteiger partial charge in [0, 0.05) is 18.0 Å². The van der Waals surface area contributed by atoms with E-state index in [4.69, 9.17) is 14.9 Å². The van der Waals surface area contributed by atoms with Crippen molar-refractivity contribution in [3.8, 4) is 11.5 Å². The zero-order valence-corrected chi connectivity index (χ0v) is 20.1. The summed E-state index contributed by atoms with van der Waals surface area (Å²) in [6.45, 7) is 1.93. The van der Waals surface area contributed by atoms with E-state index in [-0.39, 0.29) is 17.2 Å². The van der Waals surface area contributed by atoms with Crippen LogP contribution in [-0.2, 0) is 4.79 Å². The van der Waals surface area contributed by atoms with Crippen molar-refractivity contribution in [1.82, 2.24) is 9.99 Å². The van der Waals surface area contributed by atoms with Crippen molar-refractivity contribution in [2.45, 2.75) is 6.92 Å². The molecule has 0 aliphatic carbocycles. The van der Waals surface area contributed by atoms with Gasteiger partial charge in [-0.25, -0.2) is 4.79 Å². The van der Waals surface area contributed by atoms with Gasteiger partial charge in [-0.05, 0) is 66.7 Å². The van der Waals surface area contributed by atoms with E-state index in [2.05, 4.69) is 15.1 Å². The van der Waals surface area contributed by atoms with Crippen molar-refractivity contribution >= 4 is 45.8 Å². The fourth-order valence-electron chi connectivity index (χ4n) is 3.48. The van der Waals surface area contributed by atoms with Gasteiger partial charge in [0.1, 0.15) is 5.04 Å². The van der Waals surface area contributed by atoms with Gasteiger partial charge in [-0.1, -0.05) is 23.8 Å². The molecular formula is C26H19N5O4S. The predicted molar refractivity (Wildman–Crippen MR) is 137 cm³/mol. The number of hydrogen-bond donors (Lipinski definition) is 1. The summed E-state index contributed by atoms with van der Waals surface area (Å²) in [4.78, 5) is 33.4. The number of hydrazone groups is 1. The molecule has 178 valence electrons. The van der Waals surface area contributed by atoms with Crippen LogP contribution in [0.4, 0.5) is 0 Å². The van der Waals surface area contributed by atoms with Crippen LogP contribution < -0.4 is 9.47 Å². The van der Waals surface area contributed by atoms with Crippen LogP contribution in [0.2, 0.25) is 0 Å². The van der Waals surface area contributed by atoms with Gasteiger partial charge in [0.25, 0.3) is 5.91 Å². The van der Waals surface area contributed by atoms with Crippen LogP contribution >= 0.6 is 11.8 Å². The highest BCUT2D eigenvalue weighted by molar-refractivity contribution is 8.27. The molecule has 2 aromatic carbocycles. The van der Waals surface area contributed by atoms with Gasteiger partial charge in [-0.15, -0.1) is 0 Å². The Morgan fingerprint density at radius 3 is 2.53 bits per heavy atom. The summed E-state index contributed by atoms with van der Waals surface area (Å²) in [5.41, 5.74) is 2.91. The SMILES string of the molecule is COc1cc(C=C2C(=N)N3N=C(c4ccncc4)SC3=NC2=O)ccc1OC(=O)c1ccc(C)cc1. The van der Waals surface area contributed by atoms with Gasteiger partial charge in [-0.2, -0.15) is 15.1 Å². The number of fused-ring (bicyclic) bond motifs is 1. The molecule has 5 rings (SSSR count). The average molecular weight is 498 g/mol. The standard InChI is InChI=1S/C26H19N5O4S/c1-15-3-6-18(7-4-15)25(33)35-20-8-5-16(14-21(20)34-2)13-19-22(27)31-26(29-23(19)32)36-24(30-31)17-9-11-28-12-10-17/h3-14,27H,1-2H3. The predicted octanol–water partition coefficient (Wildman–Crippen LogP) is 4.29. The fourth-order valence-corrected chi connectivity index (χ4v) is 4.37. The Bertz CT molecular complexity index is 1480. The van der Waals surface area contributed by atoms with E-state index in [0.29, 0.717) is 27.1 Å². The number of benzene rings is 2. The fraction of sp³-hybridized carbons (Fsp3) is 0.0769. The molecule has 0 spiro atoms. The second kappa shape index (κ2) is 9.59. The smallest absolute Gasteiger partial charge is 0.343 e. The largest absolute Gasteiger partial charge is 0.493 e. The summed E-state index contributed by atoms with van der Waals surface area (Å²) < 4.78 is 10.9. The number of aryl methyl sites for hydroxylation is 1. The van der Waals surface area contributed by atoms with Crippen molar-refractivity contribution in [2.24, 2.45) is 10.1 Å². The maximum absolute atomic E-state index is 12.7. The van der Waals surface area contributed by atoms with Crippen molar-refractivity contribution in [3.05, 3.63) is 94.8 Å². The van der Waals surface area contributed by atoms with E-state index in [1.807, 2.05) is 19.1 Å². The molecule has 9 nitrogen and oxygen atoms in total. The Labute approximate surface area is 210 Å². The number of nitrogens with zero attached hydrogens (tertiary/aromatic N) is 4. The van der Waals surface area contributed by atoms with Crippen molar-refractivity contribution in [1.29, 1.82) is 5.41 Å². The Balaban J connectivity index is 1.39.